The maximum atomic E-state index is 12.5. The summed E-state index contributed by atoms with van der Waals surface area (Å²) in [5.41, 5.74) is 2.31. The highest BCUT2D eigenvalue weighted by Gasteiger charge is 2.32. The molecule has 2 heterocycles. The predicted octanol–water partition coefficient (Wildman–Crippen LogP) is 2.04. The van der Waals surface area contributed by atoms with Crippen LogP contribution in [0.3, 0.4) is 0 Å². The van der Waals surface area contributed by atoms with Crippen LogP contribution in [-0.2, 0) is 32.5 Å². The molecule has 22 heavy (non-hydrogen) atoms. The standard InChI is InChI=1S/C16H21NO4S/c1-16(2)20-12-15(21-16)8-10-22(18,19)17-9-7-13-5-3-4-6-14(13)11-17/h3-6,8,10,15H,7,9,11-12H2,1-2H3/t15-/m0/s1. The summed E-state index contributed by atoms with van der Waals surface area (Å²) >= 11 is 0. The van der Waals surface area contributed by atoms with Crippen molar-refractivity contribution < 1.29 is 17.9 Å². The molecule has 1 atom stereocenters. The monoisotopic (exact) mass is 323 g/mol. The average Bonchev–Trinajstić information content (AvgIpc) is 2.84. The molecule has 0 aromatic heterocycles. The van der Waals surface area contributed by atoms with Crippen molar-refractivity contribution in [2.75, 3.05) is 13.2 Å². The lowest BCUT2D eigenvalue weighted by Crippen LogP contribution is -2.34. The zero-order valence-electron chi connectivity index (χ0n) is 12.9. The summed E-state index contributed by atoms with van der Waals surface area (Å²) in [7, 11) is -3.43. The molecule has 2 aliphatic rings. The Hall–Kier alpha value is -1.21. The second-order valence-electron chi connectivity index (χ2n) is 6.09. The molecule has 0 unspecified atom stereocenters. The molecule has 0 radical (unpaired) electrons. The predicted molar refractivity (Wildman–Crippen MR) is 83.5 cm³/mol. The molecule has 0 bridgehead atoms. The first kappa shape index (κ1) is 15.7. The second kappa shape index (κ2) is 5.77. The molecule has 1 fully saturated rings. The summed E-state index contributed by atoms with van der Waals surface area (Å²) in [5, 5.41) is 1.25. The number of hydrogen-bond donors (Lipinski definition) is 0. The van der Waals surface area contributed by atoms with Crippen LogP contribution in [0.2, 0.25) is 0 Å². The summed E-state index contributed by atoms with van der Waals surface area (Å²) in [5.74, 6) is -0.650. The van der Waals surface area contributed by atoms with Gasteiger partial charge in [0, 0.05) is 18.5 Å². The summed E-state index contributed by atoms with van der Waals surface area (Å²) < 4.78 is 37.4. The van der Waals surface area contributed by atoms with Crippen molar-refractivity contribution in [2.24, 2.45) is 0 Å². The van der Waals surface area contributed by atoms with Crippen molar-refractivity contribution in [3.05, 3.63) is 46.9 Å². The van der Waals surface area contributed by atoms with Gasteiger partial charge in [0.2, 0.25) is 10.0 Å². The largest absolute Gasteiger partial charge is 0.347 e. The van der Waals surface area contributed by atoms with Crippen LogP contribution in [0.15, 0.2) is 35.7 Å². The number of benzene rings is 1. The zero-order valence-corrected chi connectivity index (χ0v) is 13.7. The highest BCUT2D eigenvalue weighted by atomic mass is 32.2. The van der Waals surface area contributed by atoms with Crippen molar-refractivity contribution in [1.82, 2.24) is 4.31 Å². The molecule has 0 amide bonds. The molecule has 5 nitrogen and oxygen atoms in total. The fourth-order valence-electron chi connectivity index (χ4n) is 2.77. The highest BCUT2D eigenvalue weighted by molar-refractivity contribution is 7.92. The van der Waals surface area contributed by atoms with Gasteiger partial charge in [0.05, 0.1) is 6.61 Å². The van der Waals surface area contributed by atoms with Gasteiger partial charge in [-0.15, -0.1) is 0 Å². The minimum atomic E-state index is -3.43. The normalized spacial score (nSPS) is 25.5. The van der Waals surface area contributed by atoms with Gasteiger partial charge >= 0.3 is 0 Å². The smallest absolute Gasteiger partial charge is 0.236 e. The van der Waals surface area contributed by atoms with Gasteiger partial charge in [-0.05, 0) is 37.5 Å². The lowest BCUT2D eigenvalue weighted by molar-refractivity contribution is -0.133. The van der Waals surface area contributed by atoms with Crippen LogP contribution < -0.4 is 0 Å². The molecule has 1 saturated heterocycles. The highest BCUT2D eigenvalue weighted by Crippen LogP contribution is 2.24. The topological polar surface area (TPSA) is 55.8 Å². The fraction of sp³-hybridized carbons (Fsp3) is 0.500. The fourth-order valence-corrected chi connectivity index (χ4v) is 3.98. The Kier molecular flexibility index (Phi) is 4.11. The maximum Gasteiger partial charge on any atom is 0.236 e. The minimum Gasteiger partial charge on any atom is -0.347 e. The van der Waals surface area contributed by atoms with Crippen molar-refractivity contribution in [1.29, 1.82) is 0 Å². The van der Waals surface area contributed by atoms with Crippen LogP contribution in [0.5, 0.6) is 0 Å². The third-order valence-electron chi connectivity index (χ3n) is 3.95. The van der Waals surface area contributed by atoms with E-state index in [9.17, 15) is 8.42 Å². The molecule has 2 aliphatic heterocycles. The summed E-state index contributed by atoms with van der Waals surface area (Å²) in [6.07, 6.45) is 2.01. The molecular weight excluding hydrogens is 302 g/mol. The van der Waals surface area contributed by atoms with Gasteiger partial charge in [0.25, 0.3) is 0 Å². The lowest BCUT2D eigenvalue weighted by atomic mass is 10.0. The van der Waals surface area contributed by atoms with E-state index < -0.39 is 15.8 Å². The van der Waals surface area contributed by atoms with Crippen molar-refractivity contribution in [3.8, 4) is 0 Å². The third kappa shape index (κ3) is 3.41. The van der Waals surface area contributed by atoms with E-state index in [-0.39, 0.29) is 6.10 Å². The first-order valence-electron chi connectivity index (χ1n) is 7.43. The minimum absolute atomic E-state index is 0.318. The second-order valence-corrected chi connectivity index (χ2v) is 7.91. The lowest BCUT2D eigenvalue weighted by Gasteiger charge is -2.26. The van der Waals surface area contributed by atoms with E-state index in [1.165, 1.54) is 15.3 Å². The van der Waals surface area contributed by atoms with Gasteiger partial charge in [0.1, 0.15) is 6.10 Å². The van der Waals surface area contributed by atoms with Gasteiger partial charge in [0.15, 0.2) is 5.79 Å². The van der Waals surface area contributed by atoms with E-state index in [2.05, 4.69) is 6.07 Å². The number of rotatable bonds is 3. The molecule has 0 aliphatic carbocycles. The Labute approximate surface area is 131 Å². The Balaban J connectivity index is 1.69. The molecule has 0 spiro atoms. The Morgan fingerprint density at radius 2 is 2.00 bits per heavy atom. The third-order valence-corrected chi connectivity index (χ3v) is 5.48. The SMILES string of the molecule is CC1(C)OC[C@H](C=CS(=O)(=O)N2CCc3ccccc3C2)O1. The number of hydrogen-bond acceptors (Lipinski definition) is 4. The van der Waals surface area contributed by atoms with Crippen LogP contribution in [0, 0.1) is 0 Å². The van der Waals surface area contributed by atoms with E-state index in [0.29, 0.717) is 19.7 Å². The quantitative estimate of drug-likeness (QED) is 0.854. The van der Waals surface area contributed by atoms with E-state index in [4.69, 9.17) is 9.47 Å². The van der Waals surface area contributed by atoms with Gasteiger partial charge in [-0.25, -0.2) is 8.42 Å². The molecule has 0 N–H and O–H groups in total. The van der Waals surface area contributed by atoms with Crippen LogP contribution in [-0.4, -0.2) is 37.8 Å². The van der Waals surface area contributed by atoms with E-state index >= 15 is 0 Å². The number of nitrogens with zero attached hydrogens (tertiary/aromatic N) is 1. The van der Waals surface area contributed by atoms with Crippen molar-refractivity contribution in [2.45, 2.75) is 38.7 Å². The number of fused-ring (bicyclic) bond motifs is 1. The molecule has 120 valence electrons. The molecule has 1 aromatic carbocycles. The first-order valence-corrected chi connectivity index (χ1v) is 8.93. The Morgan fingerprint density at radius 1 is 1.27 bits per heavy atom. The summed E-state index contributed by atoms with van der Waals surface area (Å²) in [6.45, 7) is 4.95. The van der Waals surface area contributed by atoms with Crippen molar-refractivity contribution in [3.63, 3.8) is 0 Å². The van der Waals surface area contributed by atoms with E-state index in [1.807, 2.05) is 32.0 Å². The van der Waals surface area contributed by atoms with Gasteiger partial charge in [-0.1, -0.05) is 24.3 Å². The van der Waals surface area contributed by atoms with Gasteiger partial charge in [-0.2, -0.15) is 4.31 Å². The zero-order chi connectivity index (χ0) is 15.8. The van der Waals surface area contributed by atoms with Crippen LogP contribution >= 0.6 is 0 Å². The summed E-state index contributed by atoms with van der Waals surface area (Å²) in [6, 6.07) is 7.97. The molecule has 0 saturated carbocycles. The Morgan fingerprint density at radius 3 is 2.68 bits per heavy atom. The number of sulfonamides is 1. The summed E-state index contributed by atoms with van der Waals surface area (Å²) in [4.78, 5) is 0. The van der Waals surface area contributed by atoms with E-state index in [1.54, 1.807) is 6.08 Å². The molecule has 3 rings (SSSR count). The van der Waals surface area contributed by atoms with Gasteiger partial charge < -0.3 is 9.47 Å². The van der Waals surface area contributed by atoms with E-state index in [0.717, 1.165) is 12.0 Å². The van der Waals surface area contributed by atoms with Crippen LogP contribution in [0.4, 0.5) is 0 Å². The molecule has 1 aromatic rings. The average molecular weight is 323 g/mol. The van der Waals surface area contributed by atoms with Gasteiger partial charge in [-0.3, -0.25) is 0 Å². The molecular formula is C16H21NO4S. The van der Waals surface area contributed by atoms with Crippen molar-refractivity contribution >= 4 is 10.0 Å². The Bertz CT molecular complexity index is 681. The van der Waals surface area contributed by atoms with Crippen LogP contribution in [0.25, 0.3) is 0 Å². The van der Waals surface area contributed by atoms with Crippen LogP contribution in [0.1, 0.15) is 25.0 Å². The molecule has 6 heteroatoms. The first-order chi connectivity index (χ1) is 10.4. The maximum absolute atomic E-state index is 12.5. The number of ether oxygens (including phenoxy) is 2.